The molecule has 0 aliphatic heterocycles. The van der Waals surface area contributed by atoms with Crippen LogP contribution >= 0.6 is 0 Å². The number of hydrogen-bond acceptors (Lipinski definition) is 5. The first-order valence-electron chi connectivity index (χ1n) is 9.81. The first kappa shape index (κ1) is 20.2. The van der Waals surface area contributed by atoms with Crippen LogP contribution in [-0.2, 0) is 6.42 Å². The van der Waals surface area contributed by atoms with Crippen LogP contribution in [0, 0.1) is 0 Å². The maximum Gasteiger partial charge on any atom is 0.207 e. The van der Waals surface area contributed by atoms with Crippen molar-refractivity contribution in [2.24, 2.45) is 0 Å². The van der Waals surface area contributed by atoms with E-state index in [4.69, 9.17) is 23.7 Å². The fourth-order valence-corrected chi connectivity index (χ4v) is 4.15. The van der Waals surface area contributed by atoms with E-state index in [2.05, 4.69) is 0 Å². The van der Waals surface area contributed by atoms with E-state index in [0.717, 1.165) is 56.0 Å². The Morgan fingerprint density at radius 1 is 0.786 bits per heavy atom. The molecule has 0 saturated heterocycles. The summed E-state index contributed by atoms with van der Waals surface area (Å²) in [5.41, 5.74) is 2.39. The van der Waals surface area contributed by atoms with E-state index in [9.17, 15) is 0 Å². The van der Waals surface area contributed by atoms with Gasteiger partial charge in [0.15, 0.2) is 11.5 Å². The molecule has 28 heavy (non-hydrogen) atoms. The maximum atomic E-state index is 5.81. The zero-order valence-electron chi connectivity index (χ0n) is 17.2. The van der Waals surface area contributed by atoms with Gasteiger partial charge in [-0.1, -0.05) is 18.2 Å². The molecule has 0 heterocycles. The van der Waals surface area contributed by atoms with Gasteiger partial charge >= 0.3 is 0 Å². The molecule has 0 spiro atoms. The van der Waals surface area contributed by atoms with Crippen molar-refractivity contribution in [1.82, 2.24) is 0 Å². The molecule has 0 fully saturated rings. The standard InChI is InChI=1S/C23H30O5/c1-24-20-18-14-13-16(10-8-9-15-28-17-11-6-5-7-12-17)19(18)21(25-2)23(27-4)22(20)26-3/h5-7,11-12,16H,8-10,13-15H2,1-4H3. The van der Waals surface area contributed by atoms with Gasteiger partial charge in [0.25, 0.3) is 0 Å². The van der Waals surface area contributed by atoms with Crippen LogP contribution in [0.2, 0.25) is 0 Å². The van der Waals surface area contributed by atoms with Gasteiger partial charge in [-0.3, -0.25) is 0 Å². The number of rotatable bonds is 10. The zero-order chi connectivity index (χ0) is 19.9. The molecule has 0 bridgehead atoms. The molecule has 2 aromatic carbocycles. The normalized spacial score (nSPS) is 15.1. The van der Waals surface area contributed by atoms with E-state index in [-0.39, 0.29) is 0 Å². The van der Waals surface area contributed by atoms with Crippen molar-refractivity contribution in [1.29, 1.82) is 0 Å². The fourth-order valence-electron chi connectivity index (χ4n) is 4.15. The molecule has 0 amide bonds. The average molecular weight is 386 g/mol. The van der Waals surface area contributed by atoms with Crippen molar-refractivity contribution < 1.29 is 23.7 Å². The Hall–Kier alpha value is -2.56. The summed E-state index contributed by atoms with van der Waals surface area (Å²) >= 11 is 0. The van der Waals surface area contributed by atoms with Crippen molar-refractivity contribution in [3.8, 4) is 28.7 Å². The fraction of sp³-hybridized carbons (Fsp3) is 0.478. The van der Waals surface area contributed by atoms with Gasteiger partial charge in [-0.2, -0.15) is 0 Å². The lowest BCUT2D eigenvalue weighted by Crippen LogP contribution is -2.05. The van der Waals surface area contributed by atoms with Crippen LogP contribution < -0.4 is 23.7 Å². The molecule has 5 nitrogen and oxygen atoms in total. The maximum absolute atomic E-state index is 5.81. The Bertz CT molecular complexity index is 773. The molecule has 3 rings (SSSR count). The lowest BCUT2D eigenvalue weighted by molar-refractivity contribution is 0.298. The second kappa shape index (κ2) is 9.58. The van der Waals surface area contributed by atoms with Gasteiger partial charge in [0.1, 0.15) is 5.75 Å². The molecule has 0 saturated carbocycles. The Morgan fingerprint density at radius 2 is 1.43 bits per heavy atom. The number of fused-ring (bicyclic) bond motifs is 1. The van der Waals surface area contributed by atoms with Crippen molar-refractivity contribution in [2.75, 3.05) is 35.0 Å². The summed E-state index contributed by atoms with van der Waals surface area (Å²) in [6.07, 6.45) is 5.24. The highest BCUT2D eigenvalue weighted by Gasteiger charge is 2.35. The van der Waals surface area contributed by atoms with Crippen LogP contribution in [-0.4, -0.2) is 35.0 Å². The van der Waals surface area contributed by atoms with E-state index >= 15 is 0 Å². The first-order chi connectivity index (χ1) is 13.7. The van der Waals surface area contributed by atoms with Crippen molar-refractivity contribution >= 4 is 0 Å². The largest absolute Gasteiger partial charge is 0.494 e. The molecule has 2 aromatic rings. The van der Waals surface area contributed by atoms with Crippen LogP contribution in [0.15, 0.2) is 30.3 Å². The highest BCUT2D eigenvalue weighted by atomic mass is 16.5. The second-order valence-corrected chi connectivity index (χ2v) is 6.92. The minimum absolute atomic E-state index is 0.426. The minimum Gasteiger partial charge on any atom is -0.494 e. The van der Waals surface area contributed by atoms with Crippen molar-refractivity contribution in [3.63, 3.8) is 0 Å². The Morgan fingerprint density at radius 3 is 2.07 bits per heavy atom. The molecular weight excluding hydrogens is 356 g/mol. The quantitative estimate of drug-likeness (QED) is 0.538. The lowest BCUT2D eigenvalue weighted by Gasteiger charge is -2.22. The molecular formula is C23H30O5. The number of unbranched alkanes of at least 4 members (excludes halogenated alkanes) is 1. The van der Waals surface area contributed by atoms with E-state index in [1.165, 1.54) is 11.1 Å². The molecule has 0 aromatic heterocycles. The smallest absolute Gasteiger partial charge is 0.207 e. The molecule has 1 unspecified atom stereocenters. The summed E-state index contributed by atoms with van der Waals surface area (Å²) in [4.78, 5) is 0. The SMILES string of the molecule is COc1c2c(c(OC)c(OC)c1OC)C(CCCCOc1ccccc1)CC2. The van der Waals surface area contributed by atoms with E-state index in [0.29, 0.717) is 17.4 Å². The summed E-state index contributed by atoms with van der Waals surface area (Å²) in [5.74, 6) is 4.12. The second-order valence-electron chi connectivity index (χ2n) is 6.92. The van der Waals surface area contributed by atoms with Crippen LogP contribution in [0.5, 0.6) is 28.7 Å². The van der Waals surface area contributed by atoms with Gasteiger partial charge in [0.2, 0.25) is 11.5 Å². The van der Waals surface area contributed by atoms with E-state index in [1.54, 1.807) is 28.4 Å². The number of ether oxygens (including phenoxy) is 5. The Kier molecular flexibility index (Phi) is 6.90. The lowest BCUT2D eigenvalue weighted by atomic mass is 9.93. The van der Waals surface area contributed by atoms with E-state index < -0.39 is 0 Å². The van der Waals surface area contributed by atoms with Crippen LogP contribution in [0.3, 0.4) is 0 Å². The molecule has 152 valence electrons. The third-order valence-electron chi connectivity index (χ3n) is 5.39. The Balaban J connectivity index is 1.70. The number of para-hydroxylation sites is 1. The van der Waals surface area contributed by atoms with Gasteiger partial charge in [0.05, 0.1) is 35.0 Å². The van der Waals surface area contributed by atoms with Crippen molar-refractivity contribution in [3.05, 3.63) is 41.5 Å². The molecule has 5 heteroatoms. The van der Waals surface area contributed by atoms with Crippen LogP contribution in [0.4, 0.5) is 0 Å². The molecule has 1 atom stereocenters. The average Bonchev–Trinajstić information content (AvgIpc) is 3.15. The predicted molar refractivity (Wildman–Crippen MR) is 110 cm³/mol. The minimum atomic E-state index is 0.426. The third kappa shape index (κ3) is 3.98. The van der Waals surface area contributed by atoms with Gasteiger partial charge in [-0.05, 0) is 50.2 Å². The number of hydrogen-bond donors (Lipinski definition) is 0. The summed E-state index contributed by atoms with van der Waals surface area (Å²) in [7, 11) is 6.63. The summed E-state index contributed by atoms with van der Waals surface area (Å²) < 4.78 is 28.4. The van der Waals surface area contributed by atoms with Crippen molar-refractivity contribution in [2.45, 2.75) is 38.0 Å². The Labute approximate surface area is 167 Å². The number of benzene rings is 2. The predicted octanol–water partition coefficient (Wildman–Crippen LogP) is 5.00. The molecule has 0 radical (unpaired) electrons. The van der Waals surface area contributed by atoms with Gasteiger partial charge in [-0.15, -0.1) is 0 Å². The van der Waals surface area contributed by atoms with Crippen LogP contribution in [0.1, 0.15) is 42.7 Å². The van der Waals surface area contributed by atoms with Crippen LogP contribution in [0.25, 0.3) is 0 Å². The molecule has 1 aliphatic rings. The van der Waals surface area contributed by atoms with Gasteiger partial charge in [-0.25, -0.2) is 0 Å². The zero-order valence-corrected chi connectivity index (χ0v) is 17.2. The summed E-state index contributed by atoms with van der Waals surface area (Å²) in [6.45, 7) is 0.732. The molecule has 0 N–H and O–H groups in total. The topological polar surface area (TPSA) is 46.2 Å². The third-order valence-corrected chi connectivity index (χ3v) is 5.39. The summed E-state index contributed by atoms with van der Waals surface area (Å²) in [5, 5.41) is 0. The highest BCUT2D eigenvalue weighted by molar-refractivity contribution is 5.69. The molecule has 1 aliphatic carbocycles. The highest BCUT2D eigenvalue weighted by Crippen LogP contribution is 2.56. The monoisotopic (exact) mass is 386 g/mol. The van der Waals surface area contributed by atoms with Gasteiger partial charge < -0.3 is 23.7 Å². The van der Waals surface area contributed by atoms with E-state index in [1.807, 2.05) is 30.3 Å². The van der Waals surface area contributed by atoms with Gasteiger partial charge in [0, 0.05) is 11.1 Å². The number of methoxy groups -OCH3 is 4. The first-order valence-corrected chi connectivity index (χ1v) is 9.81. The summed E-state index contributed by atoms with van der Waals surface area (Å²) in [6, 6.07) is 9.96.